The van der Waals surface area contributed by atoms with Crippen LogP contribution in [0.3, 0.4) is 0 Å². The van der Waals surface area contributed by atoms with Crippen LogP contribution >= 0.6 is 0 Å². The molecule has 0 aliphatic heterocycles. The molecule has 0 fully saturated rings. The van der Waals surface area contributed by atoms with Crippen molar-refractivity contribution in [2.75, 3.05) is 0 Å². The molecule has 0 saturated heterocycles. The molecule has 0 bridgehead atoms. The number of unbranched alkanes of at least 4 members (excludes halogenated alkanes) is 16. The van der Waals surface area contributed by atoms with E-state index in [1.54, 1.807) is 12.2 Å². The summed E-state index contributed by atoms with van der Waals surface area (Å²) in [6.07, 6.45) is 43.7. The Hall–Kier alpha value is -1.74. The van der Waals surface area contributed by atoms with Crippen LogP contribution in [0.4, 0.5) is 0 Å². The highest BCUT2D eigenvalue weighted by Gasteiger charge is 1.94. The van der Waals surface area contributed by atoms with Crippen molar-refractivity contribution in [3.63, 3.8) is 0 Å². The van der Waals surface area contributed by atoms with E-state index >= 15 is 0 Å². The van der Waals surface area contributed by atoms with Gasteiger partial charge in [-0.15, -0.1) is 12.8 Å². The van der Waals surface area contributed by atoms with Crippen molar-refractivity contribution >= 4 is 0 Å². The largest absolute Gasteiger partial charge is 0.377 e. The number of rotatable bonds is 22. The van der Waals surface area contributed by atoms with Crippen LogP contribution in [0.25, 0.3) is 0 Å². The highest BCUT2D eigenvalue weighted by atomic mass is 16.3. The van der Waals surface area contributed by atoms with Crippen molar-refractivity contribution in [2.45, 2.75) is 128 Å². The van der Waals surface area contributed by atoms with Gasteiger partial charge in [0.25, 0.3) is 0 Å². The molecular weight excluding hydrogens is 392 g/mol. The summed E-state index contributed by atoms with van der Waals surface area (Å²) < 4.78 is 0. The Balaban J connectivity index is 3.21. The van der Waals surface area contributed by atoms with E-state index in [-0.39, 0.29) is 0 Å². The molecule has 2 atom stereocenters. The quantitative estimate of drug-likeness (QED) is 0.103. The van der Waals surface area contributed by atoms with Gasteiger partial charge in [-0.25, -0.2) is 0 Å². The zero-order valence-electron chi connectivity index (χ0n) is 20.4. The lowest BCUT2D eigenvalue weighted by Gasteiger charge is -2.01. The fourth-order valence-electron chi connectivity index (χ4n) is 3.61. The van der Waals surface area contributed by atoms with Crippen molar-refractivity contribution in [2.24, 2.45) is 0 Å². The zero-order chi connectivity index (χ0) is 23.5. The minimum Gasteiger partial charge on any atom is -0.377 e. The summed E-state index contributed by atoms with van der Waals surface area (Å²) in [6, 6.07) is 0. The van der Waals surface area contributed by atoms with Crippen LogP contribution in [0, 0.1) is 24.7 Å². The Morgan fingerprint density at radius 1 is 0.438 bits per heavy atom. The second kappa shape index (κ2) is 25.5. The van der Waals surface area contributed by atoms with Gasteiger partial charge in [0.15, 0.2) is 0 Å². The molecule has 0 heterocycles. The second-order valence-corrected chi connectivity index (χ2v) is 8.66. The molecule has 0 aromatic carbocycles. The van der Waals surface area contributed by atoms with Gasteiger partial charge in [-0.05, 0) is 63.5 Å². The van der Waals surface area contributed by atoms with Gasteiger partial charge < -0.3 is 10.2 Å². The minimum atomic E-state index is -0.721. The fraction of sp³-hybridized carbons (Fsp3) is 0.667. The number of aliphatic hydroxyl groups is 2. The first-order valence-electron chi connectivity index (χ1n) is 13.0. The summed E-state index contributed by atoms with van der Waals surface area (Å²) in [5.41, 5.74) is 0. The summed E-state index contributed by atoms with van der Waals surface area (Å²) in [7, 11) is 0. The SMILES string of the molecule is C#C[C@H](O)/C=C/CCCCCCCCC/C=C/CCCCCCCCC/C=C/[C@@H](O)C#C. The van der Waals surface area contributed by atoms with E-state index in [1.807, 2.05) is 12.2 Å². The molecule has 0 aromatic heterocycles. The summed E-state index contributed by atoms with van der Waals surface area (Å²) in [5.74, 6) is 4.57. The van der Waals surface area contributed by atoms with Crippen LogP contribution in [0.15, 0.2) is 36.5 Å². The number of hydrogen-bond acceptors (Lipinski definition) is 2. The Labute approximate surface area is 199 Å². The van der Waals surface area contributed by atoms with Gasteiger partial charge >= 0.3 is 0 Å². The van der Waals surface area contributed by atoms with E-state index in [9.17, 15) is 10.2 Å². The van der Waals surface area contributed by atoms with Gasteiger partial charge in [0.1, 0.15) is 12.2 Å². The van der Waals surface area contributed by atoms with Crippen LogP contribution < -0.4 is 0 Å². The molecule has 2 nitrogen and oxygen atoms in total. The Kier molecular flexibility index (Phi) is 24.1. The number of terminal acetylenes is 2. The standard InChI is InChI=1S/C30H48O2/c1-3-29(31)27-25-23-21-19-17-15-13-11-9-7-5-6-8-10-12-14-16-18-20-22-24-26-28-30(32)4-2/h1-2,5-6,25-32H,7-24H2/b6-5+,27-25+,28-26+/t29-,30-/m0/s1. The average molecular weight is 441 g/mol. The topological polar surface area (TPSA) is 40.5 Å². The molecule has 0 aromatic rings. The molecule has 0 aliphatic carbocycles. The monoisotopic (exact) mass is 440 g/mol. The van der Waals surface area contributed by atoms with Crippen molar-refractivity contribution in [1.82, 2.24) is 0 Å². The first-order chi connectivity index (χ1) is 15.7. The molecule has 0 spiro atoms. The van der Waals surface area contributed by atoms with Crippen LogP contribution in [-0.2, 0) is 0 Å². The maximum Gasteiger partial charge on any atom is 0.133 e. The highest BCUT2D eigenvalue weighted by Crippen LogP contribution is 2.12. The van der Waals surface area contributed by atoms with Crippen LogP contribution in [0.5, 0.6) is 0 Å². The fourth-order valence-corrected chi connectivity index (χ4v) is 3.61. The highest BCUT2D eigenvalue weighted by molar-refractivity contribution is 5.06. The van der Waals surface area contributed by atoms with E-state index in [4.69, 9.17) is 12.8 Å². The number of allylic oxidation sites excluding steroid dienone is 4. The molecule has 2 N–H and O–H groups in total. The van der Waals surface area contributed by atoms with Crippen LogP contribution in [-0.4, -0.2) is 22.4 Å². The third-order valence-corrected chi connectivity index (χ3v) is 5.63. The molecule has 0 amide bonds. The third kappa shape index (κ3) is 24.5. The van der Waals surface area contributed by atoms with Gasteiger partial charge in [-0.2, -0.15) is 0 Å². The van der Waals surface area contributed by atoms with E-state index in [0.29, 0.717) is 0 Å². The average Bonchev–Trinajstić information content (AvgIpc) is 2.81. The predicted molar refractivity (Wildman–Crippen MR) is 140 cm³/mol. The molecule has 0 unspecified atom stereocenters. The molecule has 0 aliphatic rings. The molecule has 2 heteroatoms. The maximum atomic E-state index is 9.21. The number of hydrogen-bond donors (Lipinski definition) is 2. The van der Waals surface area contributed by atoms with E-state index in [1.165, 1.54) is 103 Å². The van der Waals surface area contributed by atoms with Gasteiger partial charge in [-0.3, -0.25) is 0 Å². The van der Waals surface area contributed by atoms with Crippen molar-refractivity contribution < 1.29 is 10.2 Å². The summed E-state index contributed by atoms with van der Waals surface area (Å²) >= 11 is 0. The van der Waals surface area contributed by atoms with E-state index < -0.39 is 12.2 Å². The maximum absolute atomic E-state index is 9.21. The van der Waals surface area contributed by atoms with E-state index in [0.717, 1.165) is 12.8 Å². The molecular formula is C30H48O2. The first kappa shape index (κ1) is 30.3. The molecule has 32 heavy (non-hydrogen) atoms. The molecule has 0 radical (unpaired) electrons. The second-order valence-electron chi connectivity index (χ2n) is 8.66. The molecule has 0 rings (SSSR count). The Bertz CT molecular complexity index is 508. The Morgan fingerprint density at radius 3 is 0.969 bits per heavy atom. The van der Waals surface area contributed by atoms with Crippen molar-refractivity contribution in [1.29, 1.82) is 0 Å². The van der Waals surface area contributed by atoms with Crippen LogP contribution in [0.1, 0.15) is 116 Å². The summed E-state index contributed by atoms with van der Waals surface area (Å²) in [4.78, 5) is 0. The normalized spacial score (nSPS) is 13.6. The minimum absolute atomic E-state index is 0.721. The lowest BCUT2D eigenvalue weighted by Crippen LogP contribution is -1.95. The summed E-state index contributed by atoms with van der Waals surface area (Å²) in [5, 5.41) is 18.4. The van der Waals surface area contributed by atoms with Gasteiger partial charge in [0.2, 0.25) is 0 Å². The van der Waals surface area contributed by atoms with E-state index in [2.05, 4.69) is 24.0 Å². The van der Waals surface area contributed by atoms with Gasteiger partial charge in [0.05, 0.1) is 0 Å². The molecule has 180 valence electrons. The zero-order valence-corrected chi connectivity index (χ0v) is 20.4. The predicted octanol–water partition coefficient (Wildman–Crippen LogP) is 7.67. The summed E-state index contributed by atoms with van der Waals surface area (Å²) in [6.45, 7) is 0. The van der Waals surface area contributed by atoms with Crippen LogP contribution in [0.2, 0.25) is 0 Å². The van der Waals surface area contributed by atoms with Crippen molar-refractivity contribution in [3.05, 3.63) is 36.5 Å². The Morgan fingerprint density at radius 2 is 0.688 bits per heavy atom. The first-order valence-corrected chi connectivity index (χ1v) is 13.0. The smallest absolute Gasteiger partial charge is 0.133 e. The van der Waals surface area contributed by atoms with Gasteiger partial charge in [0, 0.05) is 0 Å². The number of aliphatic hydroxyl groups excluding tert-OH is 2. The van der Waals surface area contributed by atoms with Crippen molar-refractivity contribution in [3.8, 4) is 24.7 Å². The third-order valence-electron chi connectivity index (χ3n) is 5.63. The lowest BCUT2D eigenvalue weighted by molar-refractivity contribution is 0.280. The lowest BCUT2D eigenvalue weighted by atomic mass is 10.1. The molecule has 0 saturated carbocycles. The van der Waals surface area contributed by atoms with Gasteiger partial charge in [-0.1, -0.05) is 100 Å².